The first kappa shape index (κ1) is 15.1. The molecule has 0 radical (unpaired) electrons. The van der Waals surface area contributed by atoms with Crippen LogP contribution in [0.5, 0.6) is 0 Å². The van der Waals surface area contributed by atoms with Gasteiger partial charge < -0.3 is 20.3 Å². The van der Waals surface area contributed by atoms with Crippen LogP contribution >= 0.6 is 0 Å². The maximum absolute atomic E-state index is 5.90. The molecule has 5 heteroatoms. The maximum Gasteiger partial charge on any atom is 0.191 e. The van der Waals surface area contributed by atoms with Crippen LogP contribution in [0, 0.1) is 5.92 Å². The summed E-state index contributed by atoms with van der Waals surface area (Å²) in [6, 6.07) is 0.452. The van der Waals surface area contributed by atoms with Crippen LogP contribution in [0.3, 0.4) is 0 Å². The summed E-state index contributed by atoms with van der Waals surface area (Å²) in [5.41, 5.74) is 0. The van der Waals surface area contributed by atoms with Gasteiger partial charge in [-0.2, -0.15) is 0 Å². The fourth-order valence-electron chi connectivity index (χ4n) is 4.01. The van der Waals surface area contributed by atoms with Crippen LogP contribution in [0.15, 0.2) is 4.99 Å². The third kappa shape index (κ3) is 3.69. The lowest BCUT2D eigenvalue weighted by Crippen LogP contribution is -2.49. The average Bonchev–Trinajstić information content (AvgIpc) is 3.14. The number of piperidine rings is 1. The molecule has 3 heterocycles. The molecule has 3 rings (SSSR count). The van der Waals surface area contributed by atoms with E-state index in [4.69, 9.17) is 4.74 Å². The molecule has 4 unspecified atom stereocenters. The molecule has 0 aromatic rings. The lowest BCUT2D eigenvalue weighted by molar-refractivity contribution is 0.0992. The second kappa shape index (κ2) is 6.97. The summed E-state index contributed by atoms with van der Waals surface area (Å²) >= 11 is 0. The van der Waals surface area contributed by atoms with Crippen LogP contribution in [0.4, 0.5) is 0 Å². The first-order chi connectivity index (χ1) is 10.3. The molecule has 0 amide bonds. The van der Waals surface area contributed by atoms with Gasteiger partial charge in [0.25, 0.3) is 0 Å². The average molecular weight is 294 g/mol. The molecule has 3 saturated heterocycles. The summed E-state index contributed by atoms with van der Waals surface area (Å²) in [6.45, 7) is 6.94. The van der Waals surface area contributed by atoms with Gasteiger partial charge in [0.15, 0.2) is 5.96 Å². The van der Waals surface area contributed by atoms with Gasteiger partial charge in [-0.15, -0.1) is 0 Å². The lowest BCUT2D eigenvalue weighted by Gasteiger charge is -2.32. The fourth-order valence-corrected chi connectivity index (χ4v) is 4.01. The zero-order valence-corrected chi connectivity index (χ0v) is 13.5. The van der Waals surface area contributed by atoms with Gasteiger partial charge in [-0.3, -0.25) is 4.99 Å². The first-order valence-electron chi connectivity index (χ1n) is 8.63. The van der Waals surface area contributed by atoms with Crippen LogP contribution in [-0.2, 0) is 4.74 Å². The van der Waals surface area contributed by atoms with E-state index in [1.54, 1.807) is 0 Å². The van der Waals surface area contributed by atoms with Gasteiger partial charge in [-0.1, -0.05) is 6.92 Å². The summed E-state index contributed by atoms with van der Waals surface area (Å²) in [7, 11) is 1.86. The van der Waals surface area contributed by atoms with Crippen LogP contribution in [0.2, 0.25) is 0 Å². The van der Waals surface area contributed by atoms with E-state index in [0.29, 0.717) is 18.2 Å². The molecule has 120 valence electrons. The molecule has 3 aliphatic heterocycles. The van der Waals surface area contributed by atoms with E-state index in [1.165, 1.54) is 45.3 Å². The van der Waals surface area contributed by atoms with E-state index in [2.05, 4.69) is 27.4 Å². The highest BCUT2D eigenvalue weighted by Crippen LogP contribution is 2.34. The monoisotopic (exact) mass is 294 g/mol. The van der Waals surface area contributed by atoms with Crippen LogP contribution in [-0.4, -0.2) is 62.3 Å². The van der Waals surface area contributed by atoms with Crippen molar-refractivity contribution in [2.45, 2.75) is 57.3 Å². The van der Waals surface area contributed by atoms with Crippen molar-refractivity contribution in [2.75, 3.05) is 33.2 Å². The Morgan fingerprint density at radius 1 is 1.33 bits per heavy atom. The van der Waals surface area contributed by atoms with E-state index in [-0.39, 0.29) is 0 Å². The molecule has 5 nitrogen and oxygen atoms in total. The number of fused-ring (bicyclic) bond motifs is 2. The molecule has 3 fully saturated rings. The molecule has 4 atom stereocenters. The SMILES string of the molecule is CCN1CCCC(CNC(=NC)NC2CC3CCC2O3)C1. The van der Waals surface area contributed by atoms with Crippen LogP contribution < -0.4 is 10.6 Å². The van der Waals surface area contributed by atoms with Gasteiger partial charge in [0.1, 0.15) is 0 Å². The van der Waals surface area contributed by atoms with Gasteiger partial charge in [-0.05, 0) is 51.1 Å². The maximum atomic E-state index is 5.90. The summed E-state index contributed by atoms with van der Waals surface area (Å²) in [6.07, 6.45) is 7.13. The number of nitrogens with zero attached hydrogens (tertiary/aromatic N) is 2. The second-order valence-corrected chi connectivity index (χ2v) is 6.72. The number of guanidine groups is 1. The predicted octanol–water partition coefficient (Wildman–Crippen LogP) is 1.20. The first-order valence-corrected chi connectivity index (χ1v) is 8.63. The van der Waals surface area contributed by atoms with Crippen molar-refractivity contribution < 1.29 is 4.74 Å². The Hall–Kier alpha value is -0.810. The Balaban J connectivity index is 1.42. The Kier molecular flexibility index (Phi) is 5.01. The number of likely N-dealkylation sites (tertiary alicyclic amines) is 1. The quantitative estimate of drug-likeness (QED) is 0.604. The van der Waals surface area contributed by atoms with E-state index >= 15 is 0 Å². The topological polar surface area (TPSA) is 48.9 Å². The Bertz CT molecular complexity index is 373. The fraction of sp³-hybridized carbons (Fsp3) is 0.938. The number of hydrogen-bond acceptors (Lipinski definition) is 3. The van der Waals surface area contributed by atoms with Crippen molar-refractivity contribution in [3.05, 3.63) is 0 Å². The minimum atomic E-state index is 0.402. The molecule has 0 spiro atoms. The minimum Gasteiger partial charge on any atom is -0.373 e. The zero-order chi connectivity index (χ0) is 14.7. The zero-order valence-electron chi connectivity index (χ0n) is 13.5. The molecule has 2 bridgehead atoms. The molecule has 2 N–H and O–H groups in total. The van der Waals surface area contributed by atoms with Crippen molar-refractivity contribution in [1.29, 1.82) is 0 Å². The Morgan fingerprint density at radius 3 is 2.90 bits per heavy atom. The summed E-state index contributed by atoms with van der Waals surface area (Å²) in [5, 5.41) is 7.09. The van der Waals surface area contributed by atoms with E-state index in [0.717, 1.165) is 24.8 Å². The highest BCUT2D eigenvalue weighted by molar-refractivity contribution is 5.80. The number of nitrogens with one attached hydrogen (secondary N) is 2. The van der Waals surface area contributed by atoms with Crippen molar-refractivity contribution in [3.63, 3.8) is 0 Å². The van der Waals surface area contributed by atoms with E-state index < -0.39 is 0 Å². The van der Waals surface area contributed by atoms with Crippen LogP contribution in [0.1, 0.15) is 39.0 Å². The second-order valence-electron chi connectivity index (χ2n) is 6.72. The molecule has 3 aliphatic rings. The largest absolute Gasteiger partial charge is 0.373 e. The van der Waals surface area contributed by atoms with Gasteiger partial charge >= 0.3 is 0 Å². The van der Waals surface area contributed by atoms with Gasteiger partial charge in [0, 0.05) is 20.1 Å². The molecular weight excluding hydrogens is 264 g/mol. The number of aliphatic imine (C=N–C) groups is 1. The van der Waals surface area contributed by atoms with Gasteiger partial charge in [0.2, 0.25) is 0 Å². The molecule has 0 aromatic carbocycles. The van der Waals surface area contributed by atoms with Gasteiger partial charge in [0.05, 0.1) is 18.2 Å². The Labute approximate surface area is 128 Å². The number of hydrogen-bond donors (Lipinski definition) is 2. The molecular formula is C16H30N4O. The standard InChI is InChI=1S/C16H30N4O/c1-3-20-8-4-5-12(11-20)10-18-16(17-2)19-14-9-13-6-7-15(14)21-13/h12-15H,3-11H2,1-2H3,(H2,17,18,19). The molecule has 0 aromatic heterocycles. The van der Waals surface area contributed by atoms with E-state index in [9.17, 15) is 0 Å². The number of rotatable bonds is 4. The van der Waals surface area contributed by atoms with Crippen molar-refractivity contribution >= 4 is 5.96 Å². The smallest absolute Gasteiger partial charge is 0.191 e. The normalized spacial score (nSPS) is 37.0. The summed E-state index contributed by atoms with van der Waals surface area (Å²) < 4.78 is 5.90. The van der Waals surface area contributed by atoms with Gasteiger partial charge in [-0.25, -0.2) is 0 Å². The van der Waals surface area contributed by atoms with Crippen molar-refractivity contribution in [1.82, 2.24) is 15.5 Å². The lowest BCUT2D eigenvalue weighted by atomic mass is 9.95. The summed E-state index contributed by atoms with van der Waals surface area (Å²) in [5.74, 6) is 1.69. The predicted molar refractivity (Wildman–Crippen MR) is 85.6 cm³/mol. The van der Waals surface area contributed by atoms with Crippen molar-refractivity contribution in [3.8, 4) is 0 Å². The minimum absolute atomic E-state index is 0.402. The number of ether oxygens (including phenoxy) is 1. The molecule has 0 aliphatic carbocycles. The highest BCUT2D eigenvalue weighted by atomic mass is 16.5. The highest BCUT2D eigenvalue weighted by Gasteiger charge is 2.41. The molecule has 21 heavy (non-hydrogen) atoms. The Morgan fingerprint density at radius 2 is 2.24 bits per heavy atom. The summed E-state index contributed by atoms with van der Waals surface area (Å²) in [4.78, 5) is 6.94. The third-order valence-corrected chi connectivity index (χ3v) is 5.26. The molecule has 0 saturated carbocycles. The van der Waals surface area contributed by atoms with Crippen molar-refractivity contribution in [2.24, 2.45) is 10.9 Å². The third-order valence-electron chi connectivity index (χ3n) is 5.26. The van der Waals surface area contributed by atoms with Crippen LogP contribution in [0.25, 0.3) is 0 Å². The van der Waals surface area contributed by atoms with E-state index in [1.807, 2.05) is 7.05 Å².